The molecule has 1 aliphatic heterocycles. The number of hydrogen-bond donors (Lipinski definition) is 2. The van der Waals surface area contributed by atoms with E-state index in [2.05, 4.69) is 4.90 Å². The van der Waals surface area contributed by atoms with E-state index in [4.69, 9.17) is 5.41 Å². The summed E-state index contributed by atoms with van der Waals surface area (Å²) in [5, 5.41) is 16.3. The highest BCUT2D eigenvalue weighted by atomic mass is 16.3. The van der Waals surface area contributed by atoms with E-state index >= 15 is 0 Å². The summed E-state index contributed by atoms with van der Waals surface area (Å²) in [6, 6.07) is 0. The molecule has 0 aromatic rings. The zero-order valence-electron chi connectivity index (χ0n) is 9.62. The van der Waals surface area contributed by atoms with Crippen LogP contribution in [-0.4, -0.2) is 42.0 Å². The van der Waals surface area contributed by atoms with Gasteiger partial charge in [-0.25, -0.2) is 0 Å². The predicted molar refractivity (Wildman–Crippen MR) is 63.5 cm³/mol. The summed E-state index contributed by atoms with van der Waals surface area (Å²) in [6.07, 6.45) is 9.28. The normalized spacial score (nSPS) is 19.3. The molecule has 1 aliphatic rings. The van der Waals surface area contributed by atoms with Gasteiger partial charge in [0.05, 0.1) is 6.10 Å². The van der Waals surface area contributed by atoms with Crippen LogP contribution in [0.3, 0.4) is 0 Å². The Morgan fingerprint density at radius 1 is 1.13 bits per heavy atom. The van der Waals surface area contributed by atoms with Crippen molar-refractivity contribution in [2.75, 3.05) is 19.6 Å². The number of aliphatic hydroxyl groups excluding tert-OH is 1. The lowest BCUT2D eigenvalue weighted by atomic mass is 10.1. The fourth-order valence-corrected chi connectivity index (χ4v) is 2.08. The summed E-state index contributed by atoms with van der Waals surface area (Å²) in [5.74, 6) is 0. The zero-order valence-corrected chi connectivity index (χ0v) is 9.62. The van der Waals surface area contributed by atoms with Crippen molar-refractivity contribution in [2.45, 2.75) is 51.0 Å². The van der Waals surface area contributed by atoms with Crippen LogP contribution < -0.4 is 0 Å². The topological polar surface area (TPSA) is 47.3 Å². The minimum Gasteiger partial charge on any atom is -0.393 e. The zero-order chi connectivity index (χ0) is 10.9. The summed E-state index contributed by atoms with van der Waals surface area (Å²) in [4.78, 5) is 2.46. The van der Waals surface area contributed by atoms with Gasteiger partial charge in [0.15, 0.2) is 0 Å². The third kappa shape index (κ3) is 5.90. The van der Waals surface area contributed by atoms with Crippen LogP contribution in [-0.2, 0) is 0 Å². The van der Waals surface area contributed by atoms with E-state index < -0.39 is 0 Å². The number of likely N-dealkylation sites (tertiary alicyclic amines) is 1. The van der Waals surface area contributed by atoms with E-state index in [-0.39, 0.29) is 6.10 Å². The molecule has 0 aromatic heterocycles. The maximum absolute atomic E-state index is 9.35. The largest absolute Gasteiger partial charge is 0.393 e. The fraction of sp³-hybridized carbons (Fsp3) is 0.917. The number of nitrogens with zero attached hydrogens (tertiary/aromatic N) is 1. The highest BCUT2D eigenvalue weighted by Gasteiger charge is 2.15. The van der Waals surface area contributed by atoms with Crippen molar-refractivity contribution in [3.8, 4) is 0 Å². The van der Waals surface area contributed by atoms with Gasteiger partial charge in [-0.05, 0) is 44.9 Å². The Hall–Kier alpha value is -0.410. The molecule has 0 aliphatic carbocycles. The van der Waals surface area contributed by atoms with Crippen molar-refractivity contribution in [3.63, 3.8) is 0 Å². The van der Waals surface area contributed by atoms with Crippen molar-refractivity contribution < 1.29 is 5.11 Å². The number of rotatable bonds is 7. The fourth-order valence-electron chi connectivity index (χ4n) is 2.08. The second-order valence-electron chi connectivity index (χ2n) is 4.48. The molecule has 0 bridgehead atoms. The molecule has 0 spiro atoms. The molecule has 15 heavy (non-hydrogen) atoms. The summed E-state index contributed by atoms with van der Waals surface area (Å²) in [7, 11) is 0. The SMILES string of the molecule is N=CCCCCCCN1CCC(O)CC1. The third-order valence-electron chi connectivity index (χ3n) is 3.13. The lowest BCUT2D eigenvalue weighted by Gasteiger charge is -2.29. The Morgan fingerprint density at radius 3 is 2.47 bits per heavy atom. The van der Waals surface area contributed by atoms with Gasteiger partial charge >= 0.3 is 0 Å². The van der Waals surface area contributed by atoms with Crippen LogP contribution in [0.2, 0.25) is 0 Å². The van der Waals surface area contributed by atoms with Crippen LogP contribution in [0, 0.1) is 5.41 Å². The molecule has 3 nitrogen and oxygen atoms in total. The summed E-state index contributed by atoms with van der Waals surface area (Å²) in [6.45, 7) is 3.33. The Labute approximate surface area is 93.0 Å². The summed E-state index contributed by atoms with van der Waals surface area (Å²) < 4.78 is 0. The number of nitrogens with one attached hydrogen (secondary N) is 1. The minimum atomic E-state index is -0.0474. The summed E-state index contributed by atoms with van der Waals surface area (Å²) in [5.41, 5.74) is 0. The van der Waals surface area contributed by atoms with Crippen LogP contribution >= 0.6 is 0 Å². The molecule has 1 fully saturated rings. The van der Waals surface area contributed by atoms with Crippen molar-refractivity contribution in [3.05, 3.63) is 0 Å². The van der Waals surface area contributed by atoms with Gasteiger partial charge in [0, 0.05) is 13.1 Å². The van der Waals surface area contributed by atoms with E-state index in [0.29, 0.717) is 0 Å². The second-order valence-corrected chi connectivity index (χ2v) is 4.48. The van der Waals surface area contributed by atoms with E-state index in [0.717, 1.165) is 32.4 Å². The van der Waals surface area contributed by atoms with Gasteiger partial charge in [-0.1, -0.05) is 12.8 Å². The first-order valence-electron chi connectivity index (χ1n) is 6.22. The van der Waals surface area contributed by atoms with Crippen LogP contribution in [0.1, 0.15) is 44.9 Å². The molecule has 0 unspecified atom stereocenters. The second kappa shape index (κ2) is 7.83. The van der Waals surface area contributed by atoms with Gasteiger partial charge in [-0.3, -0.25) is 0 Å². The van der Waals surface area contributed by atoms with Gasteiger partial charge in [0.2, 0.25) is 0 Å². The predicted octanol–water partition coefficient (Wildman–Crippen LogP) is 2.04. The van der Waals surface area contributed by atoms with Gasteiger partial charge in [0.1, 0.15) is 0 Å². The lowest BCUT2D eigenvalue weighted by Crippen LogP contribution is -2.36. The average molecular weight is 212 g/mol. The monoisotopic (exact) mass is 212 g/mol. The molecule has 0 radical (unpaired) electrons. The number of hydrogen-bond acceptors (Lipinski definition) is 3. The molecule has 0 amide bonds. The maximum atomic E-state index is 9.35. The molecular formula is C12H24N2O. The van der Waals surface area contributed by atoms with Gasteiger partial charge in [0.25, 0.3) is 0 Å². The standard InChI is InChI=1S/C12H24N2O/c13-8-4-2-1-3-5-9-14-10-6-12(15)7-11-14/h8,12-13,15H,1-7,9-11H2. The average Bonchev–Trinajstić information content (AvgIpc) is 2.26. The Morgan fingerprint density at radius 2 is 1.80 bits per heavy atom. The van der Waals surface area contributed by atoms with E-state index in [1.807, 2.05) is 0 Å². The first-order valence-corrected chi connectivity index (χ1v) is 6.22. The van der Waals surface area contributed by atoms with Crippen molar-refractivity contribution in [1.82, 2.24) is 4.90 Å². The molecule has 88 valence electrons. The quantitative estimate of drug-likeness (QED) is 0.501. The Kier molecular flexibility index (Phi) is 6.60. The van der Waals surface area contributed by atoms with E-state index in [9.17, 15) is 5.11 Å². The van der Waals surface area contributed by atoms with Crippen molar-refractivity contribution >= 4 is 6.21 Å². The van der Waals surface area contributed by atoms with E-state index in [1.165, 1.54) is 38.4 Å². The molecule has 0 atom stereocenters. The summed E-state index contributed by atoms with van der Waals surface area (Å²) >= 11 is 0. The van der Waals surface area contributed by atoms with Crippen LogP contribution in [0.25, 0.3) is 0 Å². The van der Waals surface area contributed by atoms with Gasteiger partial charge in [-0.2, -0.15) is 0 Å². The van der Waals surface area contributed by atoms with Crippen molar-refractivity contribution in [2.24, 2.45) is 0 Å². The molecule has 1 rings (SSSR count). The molecule has 1 saturated heterocycles. The number of piperidine rings is 1. The Balaban J connectivity index is 1.89. The highest BCUT2D eigenvalue weighted by molar-refractivity contribution is 5.52. The number of unbranched alkanes of at least 4 members (excludes halogenated alkanes) is 4. The van der Waals surface area contributed by atoms with Crippen LogP contribution in [0.4, 0.5) is 0 Å². The van der Waals surface area contributed by atoms with Crippen molar-refractivity contribution in [1.29, 1.82) is 5.41 Å². The molecule has 3 heteroatoms. The smallest absolute Gasteiger partial charge is 0.0564 e. The molecule has 0 aromatic carbocycles. The van der Waals surface area contributed by atoms with E-state index in [1.54, 1.807) is 0 Å². The van der Waals surface area contributed by atoms with Gasteiger partial charge in [-0.15, -0.1) is 0 Å². The molecule has 2 N–H and O–H groups in total. The van der Waals surface area contributed by atoms with Crippen LogP contribution in [0.15, 0.2) is 0 Å². The van der Waals surface area contributed by atoms with Gasteiger partial charge < -0.3 is 15.4 Å². The third-order valence-corrected chi connectivity index (χ3v) is 3.13. The maximum Gasteiger partial charge on any atom is 0.0564 e. The highest BCUT2D eigenvalue weighted by Crippen LogP contribution is 2.11. The number of aliphatic hydroxyl groups is 1. The first kappa shape index (κ1) is 12.7. The molecule has 1 heterocycles. The Bertz CT molecular complexity index is 165. The first-order chi connectivity index (χ1) is 7.33. The molecular weight excluding hydrogens is 188 g/mol. The van der Waals surface area contributed by atoms with Crippen LogP contribution in [0.5, 0.6) is 0 Å². The lowest BCUT2D eigenvalue weighted by molar-refractivity contribution is 0.0818. The minimum absolute atomic E-state index is 0.0474. The molecule has 0 saturated carbocycles.